The fourth-order valence-corrected chi connectivity index (χ4v) is 3.37. The number of benzene rings is 2. The number of nitrogens with zero attached hydrogens (tertiary/aromatic N) is 4. The molecule has 0 aliphatic carbocycles. The lowest BCUT2D eigenvalue weighted by molar-refractivity contribution is -0.121. The Kier molecular flexibility index (Phi) is 3.79. The van der Waals surface area contributed by atoms with E-state index in [1.54, 1.807) is 19.1 Å². The lowest BCUT2D eigenvalue weighted by atomic mass is 10.1. The van der Waals surface area contributed by atoms with Gasteiger partial charge < -0.3 is 0 Å². The van der Waals surface area contributed by atoms with E-state index in [1.165, 1.54) is 11.1 Å². The average Bonchev–Trinajstić information content (AvgIpc) is 3.18. The first-order chi connectivity index (χ1) is 12.5. The molecule has 26 heavy (non-hydrogen) atoms. The summed E-state index contributed by atoms with van der Waals surface area (Å²) in [6, 6.07) is 10.1. The maximum atomic E-state index is 13.9. The van der Waals surface area contributed by atoms with Gasteiger partial charge in [-0.2, -0.15) is 5.11 Å². The van der Waals surface area contributed by atoms with Gasteiger partial charge in [-0.25, -0.2) is 14.3 Å². The molecule has 6 nitrogen and oxygen atoms in total. The van der Waals surface area contributed by atoms with E-state index in [0.717, 1.165) is 22.6 Å². The van der Waals surface area contributed by atoms with Crippen molar-refractivity contribution in [3.63, 3.8) is 0 Å². The maximum absolute atomic E-state index is 13.9. The molecule has 2 aromatic carbocycles. The molecular formula is C19H17FN4O2. The molecule has 0 aromatic heterocycles. The highest BCUT2D eigenvalue weighted by Crippen LogP contribution is 2.36. The van der Waals surface area contributed by atoms with Crippen molar-refractivity contribution >= 4 is 23.2 Å². The molecule has 0 saturated carbocycles. The van der Waals surface area contributed by atoms with Crippen molar-refractivity contribution in [2.75, 3.05) is 9.91 Å². The van der Waals surface area contributed by atoms with Crippen LogP contribution >= 0.6 is 0 Å². The molecule has 2 aliphatic rings. The van der Waals surface area contributed by atoms with E-state index in [2.05, 4.69) is 10.3 Å². The third-order valence-corrected chi connectivity index (χ3v) is 4.81. The zero-order valence-corrected chi connectivity index (χ0v) is 14.4. The first-order valence-corrected chi connectivity index (χ1v) is 8.44. The van der Waals surface area contributed by atoms with Crippen molar-refractivity contribution in [3.05, 3.63) is 59.4 Å². The third-order valence-electron chi connectivity index (χ3n) is 4.81. The number of hydrogen-bond donors (Lipinski definition) is 0. The van der Waals surface area contributed by atoms with Gasteiger partial charge in [-0.1, -0.05) is 36.4 Å². The molecule has 4 rings (SSSR count). The van der Waals surface area contributed by atoms with Crippen molar-refractivity contribution in [2.45, 2.75) is 32.4 Å². The van der Waals surface area contributed by atoms with Crippen LogP contribution in [0.5, 0.6) is 0 Å². The molecule has 2 amide bonds. The van der Waals surface area contributed by atoms with Gasteiger partial charge in [0.1, 0.15) is 5.82 Å². The number of rotatable bonds is 3. The van der Waals surface area contributed by atoms with Crippen LogP contribution in [0.1, 0.15) is 18.1 Å². The second-order valence-corrected chi connectivity index (χ2v) is 6.37. The van der Waals surface area contributed by atoms with E-state index in [1.807, 2.05) is 31.2 Å². The van der Waals surface area contributed by atoms with E-state index < -0.39 is 29.7 Å². The first-order valence-electron chi connectivity index (χ1n) is 8.44. The van der Waals surface area contributed by atoms with Gasteiger partial charge in [0, 0.05) is 0 Å². The van der Waals surface area contributed by atoms with E-state index in [9.17, 15) is 14.0 Å². The van der Waals surface area contributed by atoms with E-state index in [0.29, 0.717) is 5.56 Å². The Labute approximate surface area is 149 Å². The summed E-state index contributed by atoms with van der Waals surface area (Å²) in [6.45, 7) is 3.63. The molecule has 2 atom stereocenters. The fourth-order valence-electron chi connectivity index (χ4n) is 3.37. The number of carbonyl (C=O) groups is 2. The molecule has 0 spiro atoms. The van der Waals surface area contributed by atoms with Crippen LogP contribution in [0.2, 0.25) is 0 Å². The molecular weight excluding hydrogens is 335 g/mol. The zero-order chi connectivity index (χ0) is 18.4. The molecule has 1 saturated heterocycles. The summed E-state index contributed by atoms with van der Waals surface area (Å²) < 4.78 is 13.9. The van der Waals surface area contributed by atoms with Crippen molar-refractivity contribution in [2.24, 2.45) is 10.3 Å². The Morgan fingerprint density at radius 2 is 1.88 bits per heavy atom. The molecule has 0 bridgehead atoms. The summed E-state index contributed by atoms with van der Waals surface area (Å²) in [7, 11) is 0. The highest BCUT2D eigenvalue weighted by atomic mass is 19.1. The smallest absolute Gasteiger partial charge is 0.263 e. The largest absolute Gasteiger partial charge is 0.271 e. The Bertz CT molecular complexity index is 943. The second-order valence-electron chi connectivity index (χ2n) is 6.37. The predicted octanol–water partition coefficient (Wildman–Crippen LogP) is 3.19. The summed E-state index contributed by atoms with van der Waals surface area (Å²) in [5, 5.41) is 9.61. The van der Waals surface area contributed by atoms with Gasteiger partial charge in [0.25, 0.3) is 11.8 Å². The van der Waals surface area contributed by atoms with Gasteiger partial charge in [0.15, 0.2) is 12.1 Å². The van der Waals surface area contributed by atoms with Crippen LogP contribution in [0, 0.1) is 12.7 Å². The van der Waals surface area contributed by atoms with Crippen LogP contribution in [0.15, 0.2) is 52.8 Å². The molecule has 2 aliphatic heterocycles. The van der Waals surface area contributed by atoms with Gasteiger partial charge in [-0.3, -0.25) is 9.59 Å². The normalized spacial score (nSPS) is 21.7. The van der Waals surface area contributed by atoms with Crippen molar-refractivity contribution in [3.8, 4) is 0 Å². The summed E-state index contributed by atoms with van der Waals surface area (Å²) >= 11 is 0. The summed E-state index contributed by atoms with van der Waals surface area (Å²) in [6.07, 6.45) is 0.759. The first kappa shape index (κ1) is 16.4. The molecule has 7 heteroatoms. The zero-order valence-electron chi connectivity index (χ0n) is 14.4. The molecule has 0 N–H and O–H groups in total. The van der Waals surface area contributed by atoms with Gasteiger partial charge in [0.2, 0.25) is 0 Å². The average molecular weight is 352 g/mol. The van der Waals surface area contributed by atoms with E-state index in [4.69, 9.17) is 0 Å². The second kappa shape index (κ2) is 6.01. The number of para-hydroxylation sites is 1. The Morgan fingerprint density at radius 3 is 2.62 bits per heavy atom. The number of halogens is 1. The highest BCUT2D eigenvalue weighted by Gasteiger charge is 2.55. The highest BCUT2D eigenvalue weighted by molar-refractivity contribution is 6.26. The molecule has 2 heterocycles. The van der Waals surface area contributed by atoms with Crippen LogP contribution in [-0.4, -0.2) is 23.9 Å². The number of hydrogen-bond acceptors (Lipinski definition) is 5. The van der Waals surface area contributed by atoms with Crippen molar-refractivity contribution < 1.29 is 14.0 Å². The van der Waals surface area contributed by atoms with Crippen LogP contribution in [-0.2, 0) is 16.0 Å². The van der Waals surface area contributed by atoms with Gasteiger partial charge in [-0.05, 0) is 42.7 Å². The quantitative estimate of drug-likeness (QED) is 0.797. The van der Waals surface area contributed by atoms with Crippen molar-refractivity contribution in [1.29, 1.82) is 0 Å². The van der Waals surface area contributed by atoms with Crippen molar-refractivity contribution in [1.82, 2.24) is 0 Å². The lowest BCUT2D eigenvalue weighted by Gasteiger charge is -2.22. The number of amides is 2. The van der Waals surface area contributed by atoms with Crippen LogP contribution in [0.4, 0.5) is 15.8 Å². The number of aryl methyl sites for hydroxylation is 2. The topological polar surface area (TPSA) is 65.3 Å². The Balaban J connectivity index is 1.73. The Hall–Kier alpha value is -3.09. The summed E-state index contributed by atoms with van der Waals surface area (Å²) in [5.41, 5.74) is 2.43. The minimum Gasteiger partial charge on any atom is -0.271 e. The van der Waals surface area contributed by atoms with Crippen LogP contribution < -0.4 is 9.91 Å². The van der Waals surface area contributed by atoms with E-state index in [-0.39, 0.29) is 5.69 Å². The molecule has 132 valence electrons. The number of imide groups is 1. The van der Waals surface area contributed by atoms with Crippen LogP contribution in [0.25, 0.3) is 0 Å². The summed E-state index contributed by atoms with van der Waals surface area (Å²) in [4.78, 5) is 26.7. The number of carbonyl (C=O) groups excluding carboxylic acids is 2. The number of fused-ring (bicyclic) bond motifs is 1. The number of anilines is 2. The monoisotopic (exact) mass is 352 g/mol. The minimum atomic E-state index is -0.906. The minimum absolute atomic E-state index is 0.219. The molecule has 2 aromatic rings. The standard InChI is InChI=1S/C19H17FN4O2/c1-3-12-6-4-5-7-15(12)24-17-16(21-22-24)18(25)23(19(17)26)13-9-8-11(2)14(20)10-13/h4-10,16-17H,3H2,1-2H3/t16-,17-/m0/s1. The SMILES string of the molecule is CCc1ccccc1N1N=N[C@@H]2C(=O)N(c3ccc(C)c(F)c3)C(=O)[C@H]21. The van der Waals surface area contributed by atoms with E-state index >= 15 is 0 Å². The lowest BCUT2D eigenvalue weighted by Crippen LogP contribution is -2.40. The van der Waals surface area contributed by atoms with Gasteiger partial charge in [-0.15, -0.1) is 0 Å². The van der Waals surface area contributed by atoms with Crippen LogP contribution in [0.3, 0.4) is 0 Å². The van der Waals surface area contributed by atoms with Gasteiger partial charge >= 0.3 is 0 Å². The third kappa shape index (κ3) is 2.31. The Morgan fingerprint density at radius 1 is 1.12 bits per heavy atom. The molecule has 0 unspecified atom stereocenters. The fraction of sp³-hybridized carbons (Fsp3) is 0.263. The molecule has 0 radical (unpaired) electrons. The van der Waals surface area contributed by atoms with Gasteiger partial charge in [0.05, 0.1) is 11.4 Å². The summed E-state index contributed by atoms with van der Waals surface area (Å²) in [5.74, 6) is -1.39. The maximum Gasteiger partial charge on any atom is 0.263 e. The molecule has 1 fully saturated rings. The predicted molar refractivity (Wildman–Crippen MR) is 94.4 cm³/mol.